The molecule has 0 aliphatic heterocycles. The maximum Gasteiger partial charge on any atom is 0.248 e. The zero-order valence-corrected chi connectivity index (χ0v) is 19.5. The lowest BCUT2D eigenvalue weighted by atomic mass is 10.1. The molecule has 0 aromatic heterocycles. The quantitative estimate of drug-likeness (QED) is 0.372. The first-order valence-electron chi connectivity index (χ1n) is 10.1. The topological polar surface area (TPSA) is 47.6 Å². The third-order valence-corrected chi connectivity index (χ3v) is 5.48. The SMILES string of the molecule is CCc1cccc(C)c1NC(=O)/C=C/c1cc(Br)c(OCc2ccccc2)c(OC)c1. The molecule has 3 aromatic rings. The monoisotopic (exact) mass is 479 g/mol. The molecule has 0 heterocycles. The lowest BCUT2D eigenvalue weighted by Gasteiger charge is -2.14. The number of para-hydroxylation sites is 1. The standard InChI is InChI=1S/C26H26BrNO3/c1-4-21-12-8-9-18(2)25(21)28-24(29)14-13-20-15-22(27)26(23(16-20)30-3)31-17-19-10-6-5-7-11-19/h5-16H,4,17H2,1-3H3,(H,28,29)/b14-13+. The normalized spacial score (nSPS) is 10.8. The van der Waals surface area contributed by atoms with Gasteiger partial charge in [-0.25, -0.2) is 0 Å². The van der Waals surface area contributed by atoms with Gasteiger partial charge in [-0.2, -0.15) is 0 Å². The Labute approximate surface area is 192 Å². The van der Waals surface area contributed by atoms with Crippen molar-refractivity contribution in [2.24, 2.45) is 0 Å². The summed E-state index contributed by atoms with van der Waals surface area (Å²) in [5.74, 6) is 1.04. The zero-order valence-electron chi connectivity index (χ0n) is 17.9. The maximum absolute atomic E-state index is 12.5. The van der Waals surface area contributed by atoms with Gasteiger partial charge in [-0.05, 0) is 69.7 Å². The summed E-state index contributed by atoms with van der Waals surface area (Å²) in [5.41, 5.74) is 4.94. The predicted octanol–water partition coefficient (Wildman–Crippen LogP) is 6.56. The summed E-state index contributed by atoms with van der Waals surface area (Å²) < 4.78 is 12.2. The van der Waals surface area contributed by atoms with Crippen molar-refractivity contribution < 1.29 is 14.3 Å². The summed E-state index contributed by atoms with van der Waals surface area (Å²) in [6.45, 7) is 4.50. The molecular formula is C26H26BrNO3. The van der Waals surface area contributed by atoms with Gasteiger partial charge in [0.05, 0.1) is 11.6 Å². The Morgan fingerprint density at radius 2 is 1.87 bits per heavy atom. The molecule has 0 saturated carbocycles. The van der Waals surface area contributed by atoms with E-state index in [1.807, 2.05) is 67.6 Å². The van der Waals surface area contributed by atoms with Crippen LogP contribution in [0.3, 0.4) is 0 Å². The Hall–Kier alpha value is -3.05. The summed E-state index contributed by atoms with van der Waals surface area (Å²) in [5, 5.41) is 3.00. The largest absolute Gasteiger partial charge is 0.493 e. The van der Waals surface area contributed by atoms with E-state index >= 15 is 0 Å². The van der Waals surface area contributed by atoms with E-state index < -0.39 is 0 Å². The summed E-state index contributed by atoms with van der Waals surface area (Å²) in [6, 6.07) is 19.7. The molecule has 1 N–H and O–H groups in total. The van der Waals surface area contributed by atoms with Crippen LogP contribution in [-0.4, -0.2) is 13.0 Å². The van der Waals surface area contributed by atoms with E-state index in [0.29, 0.717) is 18.1 Å². The van der Waals surface area contributed by atoms with Gasteiger partial charge in [-0.3, -0.25) is 4.79 Å². The molecule has 3 rings (SSSR count). The Kier molecular flexibility index (Phi) is 7.90. The number of halogens is 1. The fourth-order valence-corrected chi connectivity index (χ4v) is 3.82. The number of amides is 1. The predicted molar refractivity (Wildman–Crippen MR) is 130 cm³/mol. The van der Waals surface area contributed by atoms with Gasteiger partial charge in [-0.1, -0.05) is 55.5 Å². The number of nitrogens with one attached hydrogen (secondary N) is 1. The highest BCUT2D eigenvalue weighted by atomic mass is 79.9. The summed E-state index contributed by atoms with van der Waals surface area (Å²) in [7, 11) is 1.60. The highest BCUT2D eigenvalue weighted by Crippen LogP contribution is 2.37. The third-order valence-electron chi connectivity index (χ3n) is 4.89. The minimum absolute atomic E-state index is 0.177. The van der Waals surface area contributed by atoms with E-state index in [0.717, 1.165) is 38.8 Å². The number of methoxy groups -OCH3 is 1. The maximum atomic E-state index is 12.5. The van der Waals surface area contributed by atoms with Crippen LogP contribution < -0.4 is 14.8 Å². The molecular weight excluding hydrogens is 454 g/mol. The molecule has 0 aliphatic carbocycles. The Balaban J connectivity index is 1.73. The van der Waals surface area contributed by atoms with Crippen LogP contribution in [0.2, 0.25) is 0 Å². The molecule has 0 atom stereocenters. The highest BCUT2D eigenvalue weighted by Gasteiger charge is 2.12. The molecule has 160 valence electrons. The number of hydrogen-bond donors (Lipinski definition) is 1. The molecule has 5 heteroatoms. The van der Waals surface area contributed by atoms with E-state index in [2.05, 4.69) is 28.2 Å². The van der Waals surface area contributed by atoms with Gasteiger partial charge < -0.3 is 14.8 Å². The van der Waals surface area contributed by atoms with Gasteiger partial charge in [0.15, 0.2) is 11.5 Å². The second-order valence-corrected chi connectivity index (χ2v) is 7.95. The first-order valence-corrected chi connectivity index (χ1v) is 10.9. The number of ether oxygens (including phenoxy) is 2. The van der Waals surface area contributed by atoms with Crippen molar-refractivity contribution in [2.75, 3.05) is 12.4 Å². The molecule has 0 bridgehead atoms. The smallest absolute Gasteiger partial charge is 0.248 e. The van der Waals surface area contributed by atoms with Gasteiger partial charge in [-0.15, -0.1) is 0 Å². The average molecular weight is 480 g/mol. The van der Waals surface area contributed by atoms with Gasteiger partial charge in [0.25, 0.3) is 0 Å². The number of carbonyl (C=O) groups is 1. The summed E-state index contributed by atoms with van der Waals surface area (Å²) >= 11 is 3.56. The molecule has 31 heavy (non-hydrogen) atoms. The Morgan fingerprint density at radius 3 is 2.58 bits per heavy atom. The fourth-order valence-electron chi connectivity index (χ4n) is 3.24. The Bertz CT molecular complexity index is 1080. The van der Waals surface area contributed by atoms with Crippen molar-refractivity contribution in [3.05, 3.63) is 93.5 Å². The number of hydrogen-bond acceptors (Lipinski definition) is 3. The summed E-state index contributed by atoms with van der Waals surface area (Å²) in [4.78, 5) is 12.5. The minimum atomic E-state index is -0.177. The third kappa shape index (κ3) is 5.98. The molecule has 0 radical (unpaired) electrons. The molecule has 0 unspecified atom stereocenters. The first-order chi connectivity index (χ1) is 15.0. The van der Waals surface area contributed by atoms with Crippen molar-refractivity contribution >= 4 is 33.6 Å². The second-order valence-electron chi connectivity index (χ2n) is 7.09. The van der Waals surface area contributed by atoms with E-state index in [1.54, 1.807) is 13.2 Å². The molecule has 0 saturated heterocycles. The van der Waals surface area contributed by atoms with Crippen molar-refractivity contribution in [3.8, 4) is 11.5 Å². The van der Waals surface area contributed by atoms with Gasteiger partial charge in [0, 0.05) is 11.8 Å². The lowest BCUT2D eigenvalue weighted by Crippen LogP contribution is -2.11. The molecule has 0 aliphatic rings. The molecule has 4 nitrogen and oxygen atoms in total. The van der Waals surface area contributed by atoms with Gasteiger partial charge in [0.1, 0.15) is 6.61 Å². The van der Waals surface area contributed by atoms with E-state index in [4.69, 9.17) is 9.47 Å². The van der Waals surface area contributed by atoms with Crippen molar-refractivity contribution in [3.63, 3.8) is 0 Å². The van der Waals surface area contributed by atoms with Crippen LogP contribution in [0.25, 0.3) is 6.08 Å². The van der Waals surface area contributed by atoms with Crippen molar-refractivity contribution in [2.45, 2.75) is 26.9 Å². The van der Waals surface area contributed by atoms with Crippen molar-refractivity contribution in [1.82, 2.24) is 0 Å². The van der Waals surface area contributed by atoms with Crippen LogP contribution in [0.15, 0.2) is 71.2 Å². The van der Waals surface area contributed by atoms with Gasteiger partial charge >= 0.3 is 0 Å². The van der Waals surface area contributed by atoms with Crippen LogP contribution in [0.1, 0.15) is 29.2 Å². The van der Waals surface area contributed by atoms with Crippen molar-refractivity contribution in [1.29, 1.82) is 0 Å². The zero-order chi connectivity index (χ0) is 22.2. The molecule has 1 amide bonds. The molecule has 0 spiro atoms. The summed E-state index contributed by atoms with van der Waals surface area (Å²) in [6.07, 6.45) is 4.14. The van der Waals surface area contributed by atoms with E-state index in [-0.39, 0.29) is 5.91 Å². The lowest BCUT2D eigenvalue weighted by molar-refractivity contribution is -0.111. The number of benzene rings is 3. The fraction of sp³-hybridized carbons (Fsp3) is 0.192. The van der Waals surface area contributed by atoms with Crippen LogP contribution in [0.4, 0.5) is 5.69 Å². The van der Waals surface area contributed by atoms with Crippen LogP contribution in [0.5, 0.6) is 11.5 Å². The molecule has 0 fully saturated rings. The van der Waals surface area contributed by atoms with Crippen LogP contribution in [-0.2, 0) is 17.8 Å². The first kappa shape index (κ1) is 22.6. The molecule has 3 aromatic carbocycles. The van der Waals surface area contributed by atoms with E-state index in [1.165, 1.54) is 6.08 Å². The van der Waals surface area contributed by atoms with Gasteiger partial charge in [0.2, 0.25) is 5.91 Å². The minimum Gasteiger partial charge on any atom is -0.493 e. The number of carbonyl (C=O) groups excluding carboxylic acids is 1. The van der Waals surface area contributed by atoms with Crippen LogP contribution >= 0.6 is 15.9 Å². The number of rotatable bonds is 8. The van der Waals surface area contributed by atoms with E-state index in [9.17, 15) is 4.79 Å². The number of aryl methyl sites for hydroxylation is 2. The number of anilines is 1. The van der Waals surface area contributed by atoms with Crippen LogP contribution in [0, 0.1) is 6.92 Å². The second kappa shape index (κ2) is 10.8. The average Bonchev–Trinajstić information content (AvgIpc) is 2.78. The Morgan fingerprint density at radius 1 is 1.10 bits per heavy atom. The highest BCUT2D eigenvalue weighted by molar-refractivity contribution is 9.10.